The molecule has 9 heteroatoms. The maximum Gasteiger partial charge on any atom is 0.251 e. The molecule has 1 aliphatic heterocycles. The molecule has 37 heavy (non-hydrogen) atoms. The van der Waals surface area contributed by atoms with Crippen molar-refractivity contribution in [2.75, 3.05) is 38.1 Å². The first-order chi connectivity index (χ1) is 18.0. The topological polar surface area (TPSA) is 100 Å². The quantitative estimate of drug-likeness (QED) is 0.355. The van der Waals surface area contributed by atoms with Crippen LogP contribution in [-0.2, 0) is 4.79 Å². The van der Waals surface area contributed by atoms with Gasteiger partial charge >= 0.3 is 0 Å². The van der Waals surface area contributed by atoms with Crippen molar-refractivity contribution in [2.45, 2.75) is 18.6 Å². The number of benzene rings is 3. The van der Waals surface area contributed by atoms with Crippen molar-refractivity contribution in [2.24, 2.45) is 0 Å². The SMILES string of the molecule is O=C(CNC(=O)c1ccccc1)Nc1ccccc1OCC(O)CN1CCC(Oc2ccc(Cl)cc2)C1. The predicted octanol–water partition coefficient (Wildman–Crippen LogP) is 3.60. The van der Waals surface area contributed by atoms with Gasteiger partial charge in [0.15, 0.2) is 0 Å². The standard InChI is InChI=1S/C28H30ClN3O5/c29-21-10-12-23(13-11-21)37-24-14-15-32(18-24)17-22(33)19-36-26-9-5-4-8-25(26)31-27(34)16-30-28(35)20-6-2-1-3-7-20/h1-13,22,24,33H,14-19H2,(H,30,35)(H,31,34). The van der Waals surface area contributed by atoms with Crippen molar-refractivity contribution in [1.29, 1.82) is 0 Å². The third-order valence-electron chi connectivity index (χ3n) is 5.85. The molecule has 1 saturated heterocycles. The van der Waals surface area contributed by atoms with Gasteiger partial charge < -0.3 is 25.2 Å². The van der Waals surface area contributed by atoms with E-state index in [9.17, 15) is 14.7 Å². The first-order valence-electron chi connectivity index (χ1n) is 12.1. The van der Waals surface area contributed by atoms with Gasteiger partial charge in [0, 0.05) is 30.2 Å². The minimum absolute atomic E-state index is 0.0487. The number of anilines is 1. The van der Waals surface area contributed by atoms with E-state index in [4.69, 9.17) is 21.1 Å². The van der Waals surface area contributed by atoms with Crippen LogP contribution in [0, 0.1) is 0 Å². The van der Waals surface area contributed by atoms with Crippen molar-refractivity contribution >= 4 is 29.1 Å². The van der Waals surface area contributed by atoms with Crippen LogP contribution in [0.4, 0.5) is 5.69 Å². The summed E-state index contributed by atoms with van der Waals surface area (Å²) in [6, 6.07) is 23.0. The van der Waals surface area contributed by atoms with E-state index in [1.165, 1.54) is 0 Å². The van der Waals surface area contributed by atoms with E-state index in [-0.39, 0.29) is 31.1 Å². The number of hydrogen-bond donors (Lipinski definition) is 3. The lowest BCUT2D eigenvalue weighted by Gasteiger charge is -2.21. The van der Waals surface area contributed by atoms with Crippen LogP contribution < -0.4 is 20.1 Å². The van der Waals surface area contributed by atoms with Crippen LogP contribution in [0.15, 0.2) is 78.9 Å². The molecular weight excluding hydrogens is 494 g/mol. The first kappa shape index (κ1) is 26.5. The molecular formula is C28H30ClN3O5. The Morgan fingerprint density at radius 3 is 2.54 bits per heavy atom. The summed E-state index contributed by atoms with van der Waals surface area (Å²) in [5, 5.41) is 16.6. The van der Waals surface area contributed by atoms with Crippen LogP contribution >= 0.6 is 11.6 Å². The van der Waals surface area contributed by atoms with E-state index in [2.05, 4.69) is 15.5 Å². The Morgan fingerprint density at radius 1 is 1.03 bits per heavy atom. The smallest absolute Gasteiger partial charge is 0.251 e. The molecule has 1 heterocycles. The van der Waals surface area contributed by atoms with Gasteiger partial charge in [0.2, 0.25) is 5.91 Å². The van der Waals surface area contributed by atoms with Crippen LogP contribution in [0.3, 0.4) is 0 Å². The molecule has 0 spiro atoms. The van der Waals surface area contributed by atoms with Crippen LogP contribution in [0.5, 0.6) is 11.5 Å². The lowest BCUT2D eigenvalue weighted by Crippen LogP contribution is -2.35. The molecule has 0 radical (unpaired) electrons. The van der Waals surface area contributed by atoms with Crippen molar-refractivity contribution in [3.05, 3.63) is 89.4 Å². The van der Waals surface area contributed by atoms with Gasteiger partial charge in [0.25, 0.3) is 5.91 Å². The van der Waals surface area contributed by atoms with E-state index in [1.54, 1.807) is 60.7 Å². The van der Waals surface area contributed by atoms with Crippen molar-refractivity contribution in [1.82, 2.24) is 10.2 Å². The fraction of sp³-hybridized carbons (Fsp3) is 0.286. The van der Waals surface area contributed by atoms with Crippen molar-refractivity contribution in [3.63, 3.8) is 0 Å². The molecule has 194 valence electrons. The normalized spacial score (nSPS) is 16.1. The Kier molecular flexibility index (Phi) is 9.37. The zero-order valence-corrected chi connectivity index (χ0v) is 21.1. The minimum Gasteiger partial charge on any atom is -0.489 e. The van der Waals surface area contributed by atoms with Gasteiger partial charge in [-0.3, -0.25) is 14.5 Å². The Morgan fingerprint density at radius 2 is 1.76 bits per heavy atom. The van der Waals surface area contributed by atoms with Crippen LogP contribution in [0.25, 0.3) is 0 Å². The number of amides is 2. The van der Waals surface area contributed by atoms with E-state index in [0.717, 1.165) is 18.7 Å². The highest BCUT2D eigenvalue weighted by Gasteiger charge is 2.26. The molecule has 0 saturated carbocycles. The maximum atomic E-state index is 12.4. The number of aliphatic hydroxyl groups is 1. The van der Waals surface area contributed by atoms with Gasteiger partial charge in [-0.2, -0.15) is 0 Å². The average molecular weight is 524 g/mol. The van der Waals surface area contributed by atoms with E-state index >= 15 is 0 Å². The zero-order chi connectivity index (χ0) is 26.0. The van der Waals surface area contributed by atoms with Crippen LogP contribution in [0.2, 0.25) is 5.02 Å². The molecule has 0 aromatic heterocycles. The predicted molar refractivity (Wildman–Crippen MR) is 142 cm³/mol. The molecule has 3 N–H and O–H groups in total. The number of ether oxygens (including phenoxy) is 2. The van der Waals surface area contributed by atoms with Gasteiger partial charge in [0.1, 0.15) is 30.3 Å². The lowest BCUT2D eigenvalue weighted by molar-refractivity contribution is -0.115. The van der Waals surface area contributed by atoms with E-state index in [1.807, 2.05) is 18.2 Å². The van der Waals surface area contributed by atoms with Crippen molar-refractivity contribution in [3.8, 4) is 11.5 Å². The number of likely N-dealkylation sites (tertiary alicyclic amines) is 1. The average Bonchev–Trinajstić information content (AvgIpc) is 3.35. The molecule has 2 atom stereocenters. The molecule has 3 aromatic rings. The summed E-state index contributed by atoms with van der Waals surface area (Å²) in [6.45, 7) is 1.86. The molecule has 1 aliphatic rings. The number of aliphatic hydroxyl groups excluding tert-OH is 1. The zero-order valence-electron chi connectivity index (χ0n) is 20.3. The molecule has 1 fully saturated rings. The number of β-amino-alcohol motifs (C(OH)–C–C–N with tert-alkyl or cyclic N) is 1. The first-order valence-corrected chi connectivity index (χ1v) is 12.5. The summed E-state index contributed by atoms with van der Waals surface area (Å²) >= 11 is 5.92. The van der Waals surface area contributed by atoms with Gasteiger partial charge in [-0.1, -0.05) is 41.9 Å². The summed E-state index contributed by atoms with van der Waals surface area (Å²) in [5.41, 5.74) is 0.945. The Balaban J connectivity index is 1.20. The number of halogens is 1. The summed E-state index contributed by atoms with van der Waals surface area (Å²) < 4.78 is 11.8. The van der Waals surface area contributed by atoms with Crippen LogP contribution in [-0.4, -0.2) is 66.8 Å². The molecule has 0 bridgehead atoms. The van der Waals surface area contributed by atoms with Gasteiger partial charge in [-0.05, 0) is 55.0 Å². The fourth-order valence-electron chi connectivity index (χ4n) is 4.04. The Hall–Kier alpha value is -3.59. The Bertz CT molecular complexity index is 1180. The van der Waals surface area contributed by atoms with Gasteiger partial charge in [0.05, 0.1) is 12.2 Å². The number of carbonyl (C=O) groups excluding carboxylic acids is 2. The highest BCUT2D eigenvalue weighted by atomic mass is 35.5. The summed E-state index contributed by atoms with van der Waals surface area (Å²) in [6.07, 6.45) is 0.196. The molecule has 4 rings (SSSR count). The molecule has 2 amide bonds. The largest absolute Gasteiger partial charge is 0.489 e. The second-order valence-corrected chi connectivity index (χ2v) is 9.24. The van der Waals surface area contributed by atoms with E-state index in [0.29, 0.717) is 35.1 Å². The molecule has 8 nitrogen and oxygen atoms in total. The maximum absolute atomic E-state index is 12.4. The second-order valence-electron chi connectivity index (χ2n) is 8.80. The van der Waals surface area contributed by atoms with E-state index < -0.39 is 6.10 Å². The highest BCUT2D eigenvalue weighted by Crippen LogP contribution is 2.24. The third kappa shape index (κ3) is 8.21. The Labute approximate surface area is 221 Å². The number of nitrogens with zero attached hydrogens (tertiary/aromatic N) is 1. The van der Waals surface area contributed by atoms with Gasteiger partial charge in [-0.15, -0.1) is 0 Å². The summed E-state index contributed by atoms with van der Waals surface area (Å²) in [4.78, 5) is 26.7. The summed E-state index contributed by atoms with van der Waals surface area (Å²) in [5.74, 6) is 0.504. The lowest BCUT2D eigenvalue weighted by atomic mass is 10.2. The third-order valence-corrected chi connectivity index (χ3v) is 6.10. The molecule has 0 aliphatic carbocycles. The molecule has 2 unspecified atom stereocenters. The number of hydrogen-bond acceptors (Lipinski definition) is 6. The van der Waals surface area contributed by atoms with Gasteiger partial charge in [-0.25, -0.2) is 0 Å². The van der Waals surface area contributed by atoms with Crippen molar-refractivity contribution < 1.29 is 24.2 Å². The molecule has 3 aromatic carbocycles. The highest BCUT2D eigenvalue weighted by molar-refractivity contribution is 6.30. The number of carbonyl (C=O) groups is 2. The number of rotatable bonds is 11. The summed E-state index contributed by atoms with van der Waals surface area (Å²) in [7, 11) is 0. The van der Waals surface area contributed by atoms with Crippen LogP contribution in [0.1, 0.15) is 16.8 Å². The second kappa shape index (κ2) is 13.1. The minimum atomic E-state index is -0.719. The number of para-hydroxylation sites is 2. The number of nitrogens with one attached hydrogen (secondary N) is 2. The monoisotopic (exact) mass is 523 g/mol. The fourth-order valence-corrected chi connectivity index (χ4v) is 4.17.